The third-order valence-electron chi connectivity index (χ3n) is 7.15. The fraction of sp³-hybridized carbons (Fsp3) is 0.310. The molecule has 0 saturated carbocycles. The number of nitrogens with one attached hydrogen (secondary N) is 1. The fourth-order valence-corrected chi connectivity index (χ4v) is 6.93. The number of hydrogen-bond acceptors (Lipinski definition) is 9. The van der Waals surface area contributed by atoms with Gasteiger partial charge in [0.05, 0.1) is 58.1 Å². The van der Waals surface area contributed by atoms with E-state index in [-0.39, 0.29) is 35.0 Å². The number of aliphatic hydroxyl groups excluding tert-OH is 1. The second-order valence-corrected chi connectivity index (χ2v) is 12.3. The molecule has 206 valence electrons. The number of anilines is 1. The number of rotatable bonds is 5. The number of nitrogens with zero attached hydrogens (tertiary/aromatic N) is 4. The van der Waals surface area contributed by atoms with Gasteiger partial charge in [-0.05, 0) is 56.3 Å². The third-order valence-corrected chi connectivity index (χ3v) is 8.93. The molecular formula is C29H29N5O5S. The maximum absolute atomic E-state index is 12.8. The molecule has 3 atom stereocenters. The van der Waals surface area contributed by atoms with E-state index in [2.05, 4.69) is 29.0 Å². The summed E-state index contributed by atoms with van der Waals surface area (Å²) in [4.78, 5) is 29.1. The zero-order chi connectivity index (χ0) is 28.0. The van der Waals surface area contributed by atoms with E-state index in [1.807, 2.05) is 36.4 Å². The van der Waals surface area contributed by atoms with E-state index in [0.717, 1.165) is 41.2 Å². The molecule has 5 heterocycles. The van der Waals surface area contributed by atoms with E-state index in [1.165, 1.54) is 18.2 Å². The number of carbonyl (C=O) groups excluding carboxylic acids is 1. The molecule has 0 spiro atoms. The Morgan fingerprint density at radius 3 is 2.62 bits per heavy atom. The minimum absolute atomic E-state index is 0.00327. The summed E-state index contributed by atoms with van der Waals surface area (Å²) in [7, 11) is -3.61. The smallest absolute Gasteiger partial charge is 0.251 e. The van der Waals surface area contributed by atoms with Crippen molar-refractivity contribution in [2.24, 2.45) is 0 Å². The van der Waals surface area contributed by atoms with Crippen molar-refractivity contribution in [1.82, 2.24) is 20.3 Å². The Hall–Kier alpha value is -3.93. The molecule has 4 aromatic rings. The highest BCUT2D eigenvalue weighted by atomic mass is 32.2. The highest BCUT2D eigenvalue weighted by Gasteiger charge is 2.34. The van der Waals surface area contributed by atoms with Crippen LogP contribution < -0.4 is 10.2 Å². The van der Waals surface area contributed by atoms with Crippen LogP contribution in [0.5, 0.6) is 0 Å². The Bertz CT molecular complexity index is 1720. The number of aromatic nitrogens is 3. The molecule has 2 aliphatic heterocycles. The monoisotopic (exact) mass is 559 g/mol. The predicted octanol–water partition coefficient (Wildman–Crippen LogP) is 3.06. The Balaban J connectivity index is 1.20. The zero-order valence-corrected chi connectivity index (χ0v) is 22.9. The van der Waals surface area contributed by atoms with Crippen LogP contribution in [0.3, 0.4) is 0 Å². The molecule has 1 fully saturated rings. The molecule has 1 amide bonds. The average Bonchev–Trinajstić information content (AvgIpc) is 3.17. The molecular weight excluding hydrogens is 530 g/mol. The maximum Gasteiger partial charge on any atom is 0.251 e. The van der Waals surface area contributed by atoms with Crippen LogP contribution in [0.2, 0.25) is 0 Å². The number of morpholine rings is 1. The van der Waals surface area contributed by atoms with E-state index < -0.39 is 21.8 Å². The SMILES string of the molecule is C[C@@H]1CN(c2cccc(-c3ccc4cnc(CNC(=O)c5ccc6c(c5)S(=O)(=O)CC6O)cc4n3)n2)C[C@H](C)O1. The number of amides is 1. The quantitative estimate of drug-likeness (QED) is 0.378. The van der Waals surface area contributed by atoms with Gasteiger partial charge in [0.2, 0.25) is 0 Å². The number of benzene rings is 1. The summed E-state index contributed by atoms with van der Waals surface area (Å²) in [6.07, 6.45) is 0.893. The van der Waals surface area contributed by atoms with Crippen molar-refractivity contribution in [3.05, 3.63) is 77.6 Å². The van der Waals surface area contributed by atoms with E-state index in [0.29, 0.717) is 11.3 Å². The molecule has 1 aromatic carbocycles. The lowest BCUT2D eigenvalue weighted by atomic mass is 10.1. The van der Waals surface area contributed by atoms with Gasteiger partial charge < -0.3 is 20.1 Å². The van der Waals surface area contributed by atoms with E-state index >= 15 is 0 Å². The molecule has 6 rings (SSSR count). The van der Waals surface area contributed by atoms with Crippen molar-refractivity contribution in [2.45, 2.75) is 43.6 Å². The molecule has 1 unspecified atom stereocenters. The Labute approximate surface area is 232 Å². The number of aliphatic hydroxyl groups is 1. The minimum Gasteiger partial charge on any atom is -0.387 e. The van der Waals surface area contributed by atoms with E-state index in [1.54, 1.807) is 6.20 Å². The standard InChI is InChI=1S/C29H29N5O5S/c1-17-14-34(15-18(2)39-17)28-5-3-4-23(33-28)24-9-7-20-12-30-21(11-25(20)32-24)13-31-29(36)19-6-8-22-26(35)16-40(37,38)27(22)10-19/h3-12,17-18,26,35H,13-16H2,1-2H3,(H,31,36)/t17-,18+,26?. The molecule has 2 aliphatic rings. The van der Waals surface area contributed by atoms with Crippen LogP contribution in [0.1, 0.15) is 41.6 Å². The maximum atomic E-state index is 12.8. The van der Waals surface area contributed by atoms with Crippen LogP contribution in [0.4, 0.5) is 5.82 Å². The summed E-state index contributed by atoms with van der Waals surface area (Å²) in [6.45, 7) is 5.81. The third kappa shape index (κ3) is 5.15. The van der Waals surface area contributed by atoms with Gasteiger partial charge in [-0.15, -0.1) is 0 Å². The second kappa shape index (κ2) is 10.2. The molecule has 10 nitrogen and oxygen atoms in total. The van der Waals surface area contributed by atoms with Gasteiger partial charge in [0, 0.05) is 35.8 Å². The molecule has 2 N–H and O–H groups in total. The van der Waals surface area contributed by atoms with Crippen LogP contribution in [0.25, 0.3) is 22.3 Å². The van der Waals surface area contributed by atoms with Crippen molar-refractivity contribution >= 4 is 32.5 Å². The van der Waals surface area contributed by atoms with Crippen molar-refractivity contribution < 1.29 is 23.1 Å². The number of fused-ring (bicyclic) bond motifs is 2. The zero-order valence-electron chi connectivity index (χ0n) is 22.1. The lowest BCUT2D eigenvalue weighted by Crippen LogP contribution is -2.45. The summed E-state index contributed by atoms with van der Waals surface area (Å²) in [5, 5.41) is 13.6. The summed E-state index contributed by atoms with van der Waals surface area (Å²) < 4.78 is 30.4. The van der Waals surface area contributed by atoms with Crippen molar-refractivity contribution in [3.63, 3.8) is 0 Å². The molecule has 0 bridgehead atoms. The molecule has 11 heteroatoms. The summed E-state index contributed by atoms with van der Waals surface area (Å²) >= 11 is 0. The molecule has 0 radical (unpaired) electrons. The first-order valence-electron chi connectivity index (χ1n) is 13.1. The lowest BCUT2D eigenvalue weighted by molar-refractivity contribution is -0.00545. The van der Waals surface area contributed by atoms with Crippen molar-refractivity contribution in [2.75, 3.05) is 23.7 Å². The second-order valence-electron chi connectivity index (χ2n) is 10.3. The Morgan fingerprint density at radius 2 is 1.82 bits per heavy atom. The van der Waals surface area contributed by atoms with Gasteiger partial charge in [-0.1, -0.05) is 12.1 Å². The van der Waals surface area contributed by atoms with Gasteiger partial charge >= 0.3 is 0 Å². The van der Waals surface area contributed by atoms with Crippen molar-refractivity contribution in [3.8, 4) is 11.4 Å². The first-order chi connectivity index (χ1) is 19.2. The molecule has 0 aliphatic carbocycles. The van der Waals surface area contributed by atoms with Gasteiger partial charge in [0.15, 0.2) is 9.84 Å². The van der Waals surface area contributed by atoms with Gasteiger partial charge in [0.1, 0.15) is 5.82 Å². The first kappa shape index (κ1) is 26.3. The molecule has 40 heavy (non-hydrogen) atoms. The van der Waals surface area contributed by atoms with Crippen LogP contribution in [0, 0.1) is 0 Å². The summed E-state index contributed by atoms with van der Waals surface area (Å²) in [5.74, 6) is 0.0821. The average molecular weight is 560 g/mol. The Morgan fingerprint density at radius 1 is 1.05 bits per heavy atom. The van der Waals surface area contributed by atoms with Gasteiger partial charge in [-0.3, -0.25) is 9.78 Å². The normalized spacial score (nSPS) is 21.8. The van der Waals surface area contributed by atoms with E-state index in [4.69, 9.17) is 14.7 Å². The van der Waals surface area contributed by atoms with Crippen LogP contribution in [-0.4, -0.2) is 65.4 Å². The molecule has 3 aromatic heterocycles. The molecule has 1 saturated heterocycles. The van der Waals surface area contributed by atoms with Crippen LogP contribution in [-0.2, 0) is 21.1 Å². The van der Waals surface area contributed by atoms with Crippen LogP contribution in [0.15, 0.2) is 65.7 Å². The predicted molar refractivity (Wildman–Crippen MR) is 150 cm³/mol. The number of hydrogen-bond donors (Lipinski definition) is 2. The number of sulfone groups is 1. The summed E-state index contributed by atoms with van der Waals surface area (Å²) in [5.41, 5.74) is 3.33. The highest BCUT2D eigenvalue weighted by molar-refractivity contribution is 7.91. The number of ether oxygens (including phenoxy) is 1. The van der Waals surface area contributed by atoms with Crippen molar-refractivity contribution in [1.29, 1.82) is 0 Å². The number of pyridine rings is 3. The minimum atomic E-state index is -3.61. The van der Waals surface area contributed by atoms with E-state index in [9.17, 15) is 18.3 Å². The number of carbonyl (C=O) groups is 1. The van der Waals surface area contributed by atoms with Gasteiger partial charge in [0.25, 0.3) is 5.91 Å². The first-order valence-corrected chi connectivity index (χ1v) is 14.8. The topological polar surface area (TPSA) is 135 Å². The lowest BCUT2D eigenvalue weighted by Gasteiger charge is -2.36. The highest BCUT2D eigenvalue weighted by Crippen LogP contribution is 2.33. The fourth-order valence-electron chi connectivity index (χ4n) is 5.28. The summed E-state index contributed by atoms with van der Waals surface area (Å²) in [6, 6.07) is 15.9. The van der Waals surface area contributed by atoms with Gasteiger partial charge in [-0.2, -0.15) is 0 Å². The Kier molecular flexibility index (Phi) is 6.73. The van der Waals surface area contributed by atoms with Gasteiger partial charge in [-0.25, -0.2) is 18.4 Å². The van der Waals surface area contributed by atoms with Crippen LogP contribution >= 0.6 is 0 Å². The largest absolute Gasteiger partial charge is 0.387 e.